The quantitative estimate of drug-likeness (QED) is 0.0202. The van der Waals surface area contributed by atoms with Gasteiger partial charge in [-0.3, -0.25) is 9.59 Å². The fourth-order valence-corrected chi connectivity index (χ4v) is 6.29. The van der Waals surface area contributed by atoms with Crippen LogP contribution in [0.1, 0.15) is 187 Å². The Balaban J connectivity index is 4.38. The number of aliphatic carboxylic acids is 1. The van der Waals surface area contributed by atoms with Gasteiger partial charge in [-0.05, 0) is 64.2 Å². The lowest BCUT2D eigenvalue weighted by Crippen LogP contribution is -2.55. The molecule has 0 aromatic heterocycles. The highest BCUT2D eigenvalue weighted by Crippen LogP contribution is 2.13. The van der Waals surface area contributed by atoms with Gasteiger partial charge in [-0.25, -0.2) is 0 Å². The van der Waals surface area contributed by atoms with Gasteiger partial charge in [-0.15, -0.1) is 0 Å². The minimum absolute atomic E-state index is 0.0326. The largest absolute Gasteiger partial charge is 0.544 e. The van der Waals surface area contributed by atoms with Gasteiger partial charge in [0.25, 0.3) is 0 Å². The van der Waals surface area contributed by atoms with E-state index in [1.54, 1.807) is 21.1 Å². The summed E-state index contributed by atoms with van der Waals surface area (Å²) in [5.74, 6) is -1.77. The summed E-state index contributed by atoms with van der Waals surface area (Å²) in [6.45, 7) is 4.61. The summed E-state index contributed by atoms with van der Waals surface area (Å²) in [5.41, 5.74) is 0. The first kappa shape index (κ1) is 51.5. The summed E-state index contributed by atoms with van der Waals surface area (Å²) in [7, 11) is 5.40. The van der Waals surface area contributed by atoms with Crippen molar-refractivity contribution < 1.29 is 38.2 Å². The Labute approximate surface area is 332 Å². The second-order valence-corrected chi connectivity index (χ2v) is 16.0. The molecule has 2 unspecified atom stereocenters. The third-order valence-electron chi connectivity index (χ3n) is 9.78. The highest BCUT2D eigenvalue weighted by atomic mass is 16.6. The minimum atomic E-state index is -1.13. The number of quaternary nitrogens is 1. The molecule has 0 bridgehead atoms. The molecule has 0 heterocycles. The molecule has 0 saturated heterocycles. The molecule has 8 nitrogen and oxygen atoms in total. The van der Waals surface area contributed by atoms with Gasteiger partial charge in [0.1, 0.15) is 12.6 Å². The summed E-state index contributed by atoms with van der Waals surface area (Å²) in [6, 6.07) is -0.728. The maximum atomic E-state index is 12.7. The molecule has 0 aromatic rings. The molecule has 0 amide bonds. The number of likely N-dealkylation sites (N-methyl/N-ethyl adjacent to an activating group) is 1. The predicted molar refractivity (Wildman–Crippen MR) is 222 cm³/mol. The summed E-state index contributed by atoms with van der Waals surface area (Å²) in [4.78, 5) is 36.8. The maximum Gasteiger partial charge on any atom is 0.306 e. The highest BCUT2D eigenvalue weighted by molar-refractivity contribution is 5.70. The number of ether oxygens (including phenoxy) is 3. The molecule has 0 N–H and O–H groups in total. The number of hydrogen-bond acceptors (Lipinski definition) is 7. The molecule has 0 fully saturated rings. The smallest absolute Gasteiger partial charge is 0.306 e. The van der Waals surface area contributed by atoms with Gasteiger partial charge in [0.2, 0.25) is 0 Å². The van der Waals surface area contributed by atoms with Gasteiger partial charge < -0.3 is 28.6 Å². The van der Waals surface area contributed by atoms with Crippen molar-refractivity contribution in [3.05, 3.63) is 36.5 Å². The topological polar surface area (TPSA) is 102 Å². The Hall–Kier alpha value is -2.45. The number of carboxylic acid groups (broad SMARTS) is 1. The van der Waals surface area contributed by atoms with Gasteiger partial charge in [-0.2, -0.15) is 0 Å². The molecule has 0 rings (SSSR count). The number of rotatable bonds is 39. The van der Waals surface area contributed by atoms with Crippen LogP contribution in [-0.4, -0.2) is 75.5 Å². The summed E-state index contributed by atoms with van der Waals surface area (Å²) < 4.78 is 17.1. The van der Waals surface area contributed by atoms with Crippen LogP contribution in [0.25, 0.3) is 0 Å². The number of unbranched alkanes of at least 4 members (excludes halogenated alkanes) is 20. The van der Waals surface area contributed by atoms with Crippen LogP contribution in [0.4, 0.5) is 0 Å². The summed E-state index contributed by atoms with van der Waals surface area (Å²) in [5, 5.41) is 11.6. The van der Waals surface area contributed by atoms with E-state index in [4.69, 9.17) is 14.2 Å². The highest BCUT2D eigenvalue weighted by Gasteiger charge is 2.25. The Bertz CT molecular complexity index is 984. The lowest BCUT2D eigenvalue weighted by molar-refractivity contribution is -0.889. The predicted octanol–water partition coefficient (Wildman–Crippen LogP) is 10.5. The van der Waals surface area contributed by atoms with Crippen LogP contribution >= 0.6 is 0 Å². The number of hydrogen-bond donors (Lipinski definition) is 0. The first-order chi connectivity index (χ1) is 26.1. The molecule has 8 heteroatoms. The van der Waals surface area contributed by atoms with Crippen molar-refractivity contribution in [1.82, 2.24) is 0 Å². The van der Waals surface area contributed by atoms with Crippen LogP contribution in [0.3, 0.4) is 0 Å². The number of carboxylic acids is 1. The Morgan fingerprint density at radius 3 is 1.48 bits per heavy atom. The van der Waals surface area contributed by atoms with Crippen molar-refractivity contribution in [3.63, 3.8) is 0 Å². The zero-order valence-electron chi connectivity index (χ0n) is 35.6. The van der Waals surface area contributed by atoms with Crippen LogP contribution in [0.5, 0.6) is 0 Å². The number of esters is 2. The van der Waals surface area contributed by atoms with Crippen LogP contribution in [-0.2, 0) is 28.6 Å². The first-order valence-electron chi connectivity index (χ1n) is 22.0. The van der Waals surface area contributed by atoms with Gasteiger partial charge in [0.05, 0.1) is 40.3 Å². The van der Waals surface area contributed by atoms with Crippen molar-refractivity contribution in [2.75, 3.05) is 41.0 Å². The second-order valence-electron chi connectivity index (χ2n) is 16.0. The fraction of sp³-hybridized carbons (Fsp3) is 0.804. The lowest BCUT2D eigenvalue weighted by Gasteiger charge is -2.34. The molecule has 0 radical (unpaired) electrons. The standard InChI is InChI=1S/C46H83NO7/c1-6-8-10-12-14-16-18-20-21-22-23-24-25-27-29-31-33-35-37-45(49)54-42(40-52-39-38-43(46(50)51)47(3,4)5)41-53-44(48)36-34-32-30-28-26-19-17-15-13-11-9-7-2/h15,17,21-24,42-43H,6-14,16,18-20,25-41H2,1-5H3/b17-15+,22-21+,24-23+. The maximum absolute atomic E-state index is 12.7. The van der Waals surface area contributed by atoms with E-state index < -0.39 is 18.1 Å². The van der Waals surface area contributed by atoms with Gasteiger partial charge >= 0.3 is 11.9 Å². The minimum Gasteiger partial charge on any atom is -0.544 e. The van der Waals surface area contributed by atoms with Crippen LogP contribution < -0.4 is 5.11 Å². The van der Waals surface area contributed by atoms with Crippen molar-refractivity contribution in [2.45, 2.75) is 199 Å². The van der Waals surface area contributed by atoms with E-state index in [0.717, 1.165) is 70.6 Å². The van der Waals surface area contributed by atoms with Crippen LogP contribution in [0, 0.1) is 0 Å². The molecule has 2 atom stereocenters. The van der Waals surface area contributed by atoms with Crippen LogP contribution in [0.2, 0.25) is 0 Å². The van der Waals surface area contributed by atoms with Gasteiger partial charge in [0, 0.05) is 19.3 Å². The zero-order valence-corrected chi connectivity index (χ0v) is 35.6. The average molecular weight is 762 g/mol. The Kier molecular flexibility index (Phi) is 35.8. The molecule has 0 aliphatic rings. The van der Waals surface area contributed by atoms with Crippen LogP contribution in [0.15, 0.2) is 36.5 Å². The molecule has 0 aliphatic heterocycles. The molecule has 0 aliphatic carbocycles. The SMILES string of the molecule is CCCCC/C=C/CCCCCCCC(=O)OCC(COCCC(C(=O)[O-])[N+](C)(C)C)OC(=O)CCCCCCC/C=C/C=C/CCCCCCCCC. The zero-order chi connectivity index (χ0) is 40.0. The van der Waals surface area contributed by atoms with E-state index >= 15 is 0 Å². The third kappa shape index (κ3) is 35.3. The molecule has 0 aromatic carbocycles. The molecular formula is C46H83NO7. The first-order valence-corrected chi connectivity index (χ1v) is 22.0. The van der Waals surface area contributed by atoms with Gasteiger partial charge in [-0.1, -0.05) is 140 Å². The lowest BCUT2D eigenvalue weighted by atomic mass is 10.1. The van der Waals surface area contributed by atoms with E-state index in [9.17, 15) is 19.5 Å². The summed E-state index contributed by atoms with van der Waals surface area (Å²) in [6.07, 6.45) is 41.6. The average Bonchev–Trinajstić information content (AvgIpc) is 3.12. The van der Waals surface area contributed by atoms with Crippen molar-refractivity contribution in [1.29, 1.82) is 0 Å². The van der Waals surface area contributed by atoms with Crippen molar-refractivity contribution in [3.8, 4) is 0 Å². The second kappa shape index (κ2) is 37.5. The number of nitrogens with zero attached hydrogens (tertiary/aromatic N) is 1. The van der Waals surface area contributed by atoms with E-state index in [1.165, 1.54) is 83.5 Å². The van der Waals surface area contributed by atoms with Crippen molar-refractivity contribution >= 4 is 17.9 Å². The molecule has 0 saturated carbocycles. The van der Waals surface area contributed by atoms with E-state index in [-0.39, 0.29) is 42.7 Å². The third-order valence-corrected chi connectivity index (χ3v) is 9.78. The van der Waals surface area contributed by atoms with Crippen molar-refractivity contribution in [2.24, 2.45) is 0 Å². The molecule has 54 heavy (non-hydrogen) atoms. The van der Waals surface area contributed by atoms with E-state index in [2.05, 4.69) is 50.3 Å². The Morgan fingerprint density at radius 1 is 0.556 bits per heavy atom. The number of carbonyl (C=O) groups is 3. The normalized spacial score (nSPS) is 13.3. The summed E-state index contributed by atoms with van der Waals surface area (Å²) >= 11 is 0. The van der Waals surface area contributed by atoms with Gasteiger partial charge in [0.15, 0.2) is 6.10 Å². The molecular weight excluding hydrogens is 679 g/mol. The monoisotopic (exact) mass is 762 g/mol. The number of carbonyl (C=O) groups excluding carboxylic acids is 3. The number of allylic oxidation sites excluding steroid dienone is 6. The van der Waals surface area contributed by atoms with E-state index in [0.29, 0.717) is 12.8 Å². The molecule has 314 valence electrons. The Morgan fingerprint density at radius 2 is 0.981 bits per heavy atom. The molecule has 0 spiro atoms. The fourth-order valence-electron chi connectivity index (χ4n) is 6.29. The van der Waals surface area contributed by atoms with E-state index in [1.807, 2.05) is 0 Å².